The molecule has 0 bridgehead atoms. The number of halogens is 2. The summed E-state index contributed by atoms with van der Waals surface area (Å²) in [6.07, 6.45) is 1.52. The molecule has 14 heavy (non-hydrogen) atoms. The van der Waals surface area contributed by atoms with Crippen molar-refractivity contribution in [3.8, 4) is 0 Å². The van der Waals surface area contributed by atoms with Crippen molar-refractivity contribution in [2.75, 3.05) is 4.72 Å². The predicted molar refractivity (Wildman–Crippen MR) is 63.8 cm³/mol. The molecule has 6 heteroatoms. The van der Waals surface area contributed by atoms with E-state index in [0.29, 0.717) is 15.3 Å². The van der Waals surface area contributed by atoms with E-state index in [0.717, 1.165) is 0 Å². The molecule has 0 saturated heterocycles. The lowest BCUT2D eigenvalue weighted by Gasteiger charge is -2.09. The van der Waals surface area contributed by atoms with Crippen molar-refractivity contribution in [3.63, 3.8) is 0 Å². The van der Waals surface area contributed by atoms with Gasteiger partial charge in [0.2, 0.25) is 0 Å². The molecule has 0 saturated carbocycles. The van der Waals surface area contributed by atoms with Crippen LogP contribution in [0, 0.1) is 0 Å². The third-order valence-corrected chi connectivity index (χ3v) is 3.56. The maximum atomic E-state index is 11.5. The van der Waals surface area contributed by atoms with Crippen molar-refractivity contribution in [2.24, 2.45) is 0 Å². The Balaban J connectivity index is 2.86. The fourth-order valence-corrected chi connectivity index (χ4v) is 1.93. The zero-order valence-corrected chi connectivity index (χ0v) is 10.9. The Labute approximate surface area is 99.0 Å². The minimum atomic E-state index is -1.12. The summed E-state index contributed by atoms with van der Waals surface area (Å²) in [7, 11) is -1.12. The second kappa shape index (κ2) is 5.09. The molecule has 1 heterocycles. The van der Waals surface area contributed by atoms with Crippen LogP contribution in [0.3, 0.4) is 0 Å². The van der Waals surface area contributed by atoms with E-state index in [1.165, 1.54) is 6.20 Å². The number of anilines is 1. The molecule has 0 aromatic carbocycles. The number of nitrogens with zero attached hydrogens (tertiary/aromatic N) is 1. The molecular weight excluding hydrogens is 288 g/mol. The third kappa shape index (κ3) is 3.22. The molecule has 1 rings (SSSR count). The molecule has 3 nitrogen and oxygen atoms in total. The molecular formula is C8H10BrClN2OS. The van der Waals surface area contributed by atoms with Crippen LogP contribution in [0.25, 0.3) is 0 Å². The van der Waals surface area contributed by atoms with Crippen LogP contribution in [0.15, 0.2) is 16.9 Å². The molecule has 1 atom stereocenters. The molecule has 1 aromatic heterocycles. The monoisotopic (exact) mass is 296 g/mol. The minimum Gasteiger partial charge on any atom is -0.302 e. The third-order valence-electron chi connectivity index (χ3n) is 1.44. The predicted octanol–water partition coefficient (Wildman–Crippen LogP) is 2.98. The van der Waals surface area contributed by atoms with Gasteiger partial charge in [-0.05, 0) is 35.8 Å². The first-order chi connectivity index (χ1) is 6.50. The summed E-state index contributed by atoms with van der Waals surface area (Å²) in [4.78, 5) is 3.98. The number of hydrogen-bond acceptors (Lipinski definition) is 2. The zero-order chi connectivity index (χ0) is 10.7. The standard InChI is InChI=1S/C8H10BrClN2OS/c1-5(2)14(13)12-7-3-6(10)4-11-8(7)9/h3-5,12H,1-2H3. The van der Waals surface area contributed by atoms with Crippen LogP contribution >= 0.6 is 27.5 Å². The van der Waals surface area contributed by atoms with Crippen molar-refractivity contribution in [1.29, 1.82) is 0 Å². The summed E-state index contributed by atoms with van der Waals surface area (Å²) >= 11 is 9.00. The Morgan fingerprint density at radius 3 is 2.86 bits per heavy atom. The van der Waals surface area contributed by atoms with Crippen molar-refractivity contribution in [1.82, 2.24) is 4.98 Å². The topological polar surface area (TPSA) is 42.0 Å². The molecule has 0 radical (unpaired) electrons. The van der Waals surface area contributed by atoms with Gasteiger partial charge in [-0.25, -0.2) is 9.19 Å². The average Bonchev–Trinajstić information content (AvgIpc) is 2.11. The molecule has 0 amide bonds. The van der Waals surface area contributed by atoms with Crippen molar-refractivity contribution in [2.45, 2.75) is 19.1 Å². The molecule has 0 spiro atoms. The van der Waals surface area contributed by atoms with Gasteiger partial charge in [0.25, 0.3) is 0 Å². The first kappa shape index (κ1) is 11.9. The van der Waals surface area contributed by atoms with E-state index in [1.54, 1.807) is 6.07 Å². The van der Waals surface area contributed by atoms with Gasteiger partial charge in [0, 0.05) is 11.4 Å². The Kier molecular flexibility index (Phi) is 4.34. The SMILES string of the molecule is CC(C)S(=O)Nc1cc(Cl)cnc1Br. The van der Waals surface area contributed by atoms with E-state index in [9.17, 15) is 4.21 Å². The van der Waals surface area contributed by atoms with Gasteiger partial charge < -0.3 is 4.72 Å². The fourth-order valence-electron chi connectivity index (χ4n) is 0.720. The fraction of sp³-hybridized carbons (Fsp3) is 0.375. The van der Waals surface area contributed by atoms with Crippen LogP contribution in [0.2, 0.25) is 5.02 Å². The van der Waals surface area contributed by atoms with E-state index >= 15 is 0 Å². The number of nitrogens with one attached hydrogen (secondary N) is 1. The van der Waals surface area contributed by atoms with E-state index in [1.807, 2.05) is 13.8 Å². The Morgan fingerprint density at radius 2 is 2.29 bits per heavy atom. The average molecular weight is 298 g/mol. The summed E-state index contributed by atoms with van der Waals surface area (Å²) in [5.41, 5.74) is 0.643. The number of pyridine rings is 1. The van der Waals surface area contributed by atoms with Gasteiger partial charge in [0.15, 0.2) is 0 Å². The molecule has 1 unspecified atom stereocenters. The molecule has 0 aliphatic carbocycles. The maximum absolute atomic E-state index is 11.5. The van der Waals surface area contributed by atoms with Crippen LogP contribution in [0.1, 0.15) is 13.8 Å². The summed E-state index contributed by atoms with van der Waals surface area (Å²) in [5.74, 6) is 0. The van der Waals surface area contributed by atoms with Gasteiger partial charge in [-0.15, -0.1) is 0 Å². The van der Waals surface area contributed by atoms with E-state index in [2.05, 4.69) is 25.6 Å². The van der Waals surface area contributed by atoms with Crippen LogP contribution < -0.4 is 4.72 Å². The van der Waals surface area contributed by atoms with Gasteiger partial charge >= 0.3 is 0 Å². The lowest BCUT2D eigenvalue weighted by atomic mass is 10.4. The van der Waals surface area contributed by atoms with Crippen molar-refractivity contribution in [3.05, 3.63) is 21.9 Å². The van der Waals surface area contributed by atoms with Crippen LogP contribution in [-0.4, -0.2) is 14.4 Å². The zero-order valence-electron chi connectivity index (χ0n) is 7.75. The quantitative estimate of drug-likeness (QED) is 0.872. The second-order valence-electron chi connectivity index (χ2n) is 2.94. The lowest BCUT2D eigenvalue weighted by Crippen LogP contribution is -2.15. The molecule has 0 fully saturated rings. The highest BCUT2D eigenvalue weighted by Gasteiger charge is 2.08. The first-order valence-electron chi connectivity index (χ1n) is 3.99. The summed E-state index contributed by atoms with van der Waals surface area (Å²) in [6.45, 7) is 3.74. The number of hydrogen-bond donors (Lipinski definition) is 1. The number of aromatic nitrogens is 1. The van der Waals surface area contributed by atoms with Gasteiger partial charge in [0.1, 0.15) is 15.6 Å². The van der Waals surface area contributed by atoms with Gasteiger partial charge in [-0.1, -0.05) is 11.6 Å². The highest BCUT2D eigenvalue weighted by Crippen LogP contribution is 2.23. The summed E-state index contributed by atoms with van der Waals surface area (Å²) in [5, 5.41) is 0.553. The van der Waals surface area contributed by atoms with Crippen LogP contribution in [0.4, 0.5) is 5.69 Å². The highest BCUT2D eigenvalue weighted by molar-refractivity contribution is 9.10. The van der Waals surface area contributed by atoms with E-state index in [4.69, 9.17) is 11.6 Å². The van der Waals surface area contributed by atoms with Crippen molar-refractivity contribution >= 4 is 44.2 Å². The van der Waals surface area contributed by atoms with Crippen molar-refractivity contribution < 1.29 is 4.21 Å². The lowest BCUT2D eigenvalue weighted by molar-refractivity contribution is 0.680. The van der Waals surface area contributed by atoms with Crippen LogP contribution in [-0.2, 0) is 11.0 Å². The Morgan fingerprint density at radius 1 is 1.64 bits per heavy atom. The molecule has 0 aliphatic rings. The second-order valence-corrected chi connectivity index (χ2v) is 5.87. The molecule has 1 aromatic rings. The first-order valence-corrected chi connectivity index (χ1v) is 6.37. The van der Waals surface area contributed by atoms with Gasteiger partial charge in [-0.3, -0.25) is 0 Å². The Bertz CT molecular complexity index is 359. The van der Waals surface area contributed by atoms with Crippen LogP contribution in [0.5, 0.6) is 0 Å². The smallest absolute Gasteiger partial charge is 0.130 e. The Hall–Kier alpha value is -0.130. The maximum Gasteiger partial charge on any atom is 0.130 e. The van der Waals surface area contributed by atoms with Gasteiger partial charge in [0.05, 0.1) is 10.7 Å². The van der Waals surface area contributed by atoms with Gasteiger partial charge in [-0.2, -0.15) is 0 Å². The highest BCUT2D eigenvalue weighted by atomic mass is 79.9. The van der Waals surface area contributed by atoms with E-state index < -0.39 is 11.0 Å². The molecule has 0 aliphatic heterocycles. The minimum absolute atomic E-state index is 0.0425. The normalized spacial score (nSPS) is 12.9. The summed E-state index contributed by atoms with van der Waals surface area (Å²) < 4.78 is 14.9. The molecule has 1 N–H and O–H groups in total. The number of rotatable bonds is 3. The van der Waals surface area contributed by atoms with E-state index in [-0.39, 0.29) is 5.25 Å². The largest absolute Gasteiger partial charge is 0.302 e. The molecule has 78 valence electrons. The summed E-state index contributed by atoms with van der Waals surface area (Å²) in [6, 6.07) is 1.68.